The number of benzene rings is 1. The molecule has 6 heteroatoms. The van der Waals surface area contributed by atoms with Gasteiger partial charge in [0.2, 0.25) is 10.0 Å². The highest BCUT2D eigenvalue weighted by Crippen LogP contribution is 2.18. The fourth-order valence-corrected chi connectivity index (χ4v) is 4.60. The molecule has 3 aliphatic heterocycles. The standard InChI is InChI=1S/C15H23N3O2S/c1-12-3-4-13(2)15(9-12)21(19,20)16-10-14-11-17-5-7-18(14)8-6-17/h3-4,9,14,16H,5-8,10-11H2,1-2H3. The highest BCUT2D eigenvalue weighted by molar-refractivity contribution is 7.89. The summed E-state index contributed by atoms with van der Waals surface area (Å²) in [5.74, 6) is 0. The molecular weight excluding hydrogens is 286 g/mol. The summed E-state index contributed by atoms with van der Waals surface area (Å²) in [7, 11) is -3.42. The van der Waals surface area contributed by atoms with Crippen LogP contribution in [0.5, 0.6) is 0 Å². The Balaban J connectivity index is 1.70. The van der Waals surface area contributed by atoms with E-state index in [1.807, 2.05) is 26.0 Å². The second-order valence-electron chi connectivity index (χ2n) is 6.11. The van der Waals surface area contributed by atoms with Crippen LogP contribution in [0.25, 0.3) is 0 Å². The maximum atomic E-state index is 12.5. The number of aryl methyl sites for hydroxylation is 2. The maximum absolute atomic E-state index is 12.5. The number of nitrogens with zero attached hydrogens (tertiary/aromatic N) is 2. The largest absolute Gasteiger partial charge is 0.299 e. The zero-order valence-electron chi connectivity index (χ0n) is 12.7. The Morgan fingerprint density at radius 3 is 2.52 bits per heavy atom. The topological polar surface area (TPSA) is 52.7 Å². The molecule has 21 heavy (non-hydrogen) atoms. The summed E-state index contributed by atoms with van der Waals surface area (Å²) in [6.07, 6.45) is 0. The third-order valence-corrected chi connectivity index (χ3v) is 6.10. The van der Waals surface area contributed by atoms with Gasteiger partial charge in [-0.05, 0) is 31.0 Å². The molecule has 0 aliphatic carbocycles. The molecule has 1 aromatic carbocycles. The van der Waals surface area contributed by atoms with Crippen LogP contribution >= 0.6 is 0 Å². The molecule has 3 heterocycles. The fourth-order valence-electron chi connectivity index (χ4n) is 3.20. The molecule has 1 unspecified atom stereocenters. The smallest absolute Gasteiger partial charge is 0.240 e. The van der Waals surface area contributed by atoms with Crippen molar-refractivity contribution >= 4 is 10.0 Å². The zero-order valence-corrected chi connectivity index (χ0v) is 13.5. The van der Waals surface area contributed by atoms with Crippen LogP contribution in [-0.2, 0) is 10.0 Å². The first kappa shape index (κ1) is 15.0. The van der Waals surface area contributed by atoms with Gasteiger partial charge in [-0.2, -0.15) is 0 Å². The second-order valence-corrected chi connectivity index (χ2v) is 7.85. The molecule has 0 amide bonds. The van der Waals surface area contributed by atoms with E-state index in [0.29, 0.717) is 17.5 Å². The number of nitrogens with one attached hydrogen (secondary N) is 1. The molecule has 2 bridgehead atoms. The summed E-state index contributed by atoms with van der Waals surface area (Å²) < 4.78 is 27.8. The first-order valence-corrected chi connectivity index (χ1v) is 8.97. The van der Waals surface area contributed by atoms with Crippen LogP contribution in [0.4, 0.5) is 0 Å². The lowest BCUT2D eigenvalue weighted by molar-refractivity contribution is 0.0158. The number of hydrogen-bond acceptors (Lipinski definition) is 4. The van der Waals surface area contributed by atoms with E-state index in [1.165, 1.54) is 0 Å². The Morgan fingerprint density at radius 1 is 1.19 bits per heavy atom. The van der Waals surface area contributed by atoms with Crippen molar-refractivity contribution in [3.05, 3.63) is 29.3 Å². The molecule has 0 spiro atoms. The third kappa shape index (κ3) is 3.13. The van der Waals surface area contributed by atoms with Gasteiger partial charge >= 0.3 is 0 Å². The summed E-state index contributed by atoms with van der Waals surface area (Å²) in [6, 6.07) is 5.84. The summed E-state index contributed by atoms with van der Waals surface area (Å²) >= 11 is 0. The van der Waals surface area contributed by atoms with Gasteiger partial charge < -0.3 is 0 Å². The zero-order chi connectivity index (χ0) is 15.0. The van der Waals surface area contributed by atoms with Crippen molar-refractivity contribution in [1.82, 2.24) is 14.5 Å². The van der Waals surface area contributed by atoms with Crippen molar-refractivity contribution in [2.75, 3.05) is 39.3 Å². The molecule has 1 aromatic rings. The SMILES string of the molecule is Cc1ccc(C)c(S(=O)(=O)NCC2CN3CCN2CC3)c1. The number of sulfonamides is 1. The molecule has 0 saturated carbocycles. The molecule has 3 aliphatic rings. The summed E-state index contributed by atoms with van der Waals surface area (Å²) in [4.78, 5) is 5.21. The lowest BCUT2D eigenvalue weighted by Crippen LogP contribution is -2.63. The van der Waals surface area contributed by atoms with Gasteiger partial charge in [0.25, 0.3) is 0 Å². The summed E-state index contributed by atoms with van der Waals surface area (Å²) in [5.41, 5.74) is 1.76. The van der Waals surface area contributed by atoms with Gasteiger partial charge in [0, 0.05) is 45.3 Å². The minimum atomic E-state index is -3.42. The molecule has 0 aromatic heterocycles. The average Bonchev–Trinajstić information content (AvgIpc) is 2.49. The molecule has 3 saturated heterocycles. The van der Waals surface area contributed by atoms with Crippen LogP contribution in [0, 0.1) is 13.8 Å². The number of fused-ring (bicyclic) bond motifs is 3. The predicted octanol–water partition coefficient (Wildman–Crippen LogP) is 0.582. The molecule has 0 radical (unpaired) electrons. The predicted molar refractivity (Wildman–Crippen MR) is 82.9 cm³/mol. The summed E-state index contributed by atoms with van der Waals surface area (Å²) in [6.45, 7) is 9.54. The molecular formula is C15H23N3O2S. The Bertz CT molecular complexity index is 622. The maximum Gasteiger partial charge on any atom is 0.240 e. The van der Waals surface area contributed by atoms with Gasteiger partial charge in [-0.25, -0.2) is 13.1 Å². The highest BCUT2D eigenvalue weighted by atomic mass is 32.2. The average molecular weight is 309 g/mol. The van der Waals surface area contributed by atoms with Gasteiger partial charge in [-0.1, -0.05) is 12.1 Å². The molecule has 116 valence electrons. The van der Waals surface area contributed by atoms with E-state index in [9.17, 15) is 8.42 Å². The Kier molecular flexibility index (Phi) is 4.05. The van der Waals surface area contributed by atoms with E-state index in [0.717, 1.165) is 43.9 Å². The van der Waals surface area contributed by atoms with E-state index >= 15 is 0 Å². The van der Waals surface area contributed by atoms with Crippen LogP contribution in [0.15, 0.2) is 23.1 Å². The number of hydrogen-bond donors (Lipinski definition) is 1. The Labute approximate surface area is 127 Å². The lowest BCUT2D eigenvalue weighted by Gasteiger charge is -2.47. The van der Waals surface area contributed by atoms with Crippen molar-refractivity contribution in [1.29, 1.82) is 0 Å². The Hall–Kier alpha value is -0.950. The Morgan fingerprint density at radius 2 is 1.90 bits per heavy atom. The van der Waals surface area contributed by atoms with Crippen molar-refractivity contribution < 1.29 is 8.42 Å². The van der Waals surface area contributed by atoms with Gasteiger partial charge in [-0.3, -0.25) is 9.80 Å². The fraction of sp³-hybridized carbons (Fsp3) is 0.600. The minimum absolute atomic E-state index is 0.299. The van der Waals surface area contributed by atoms with Crippen molar-refractivity contribution in [2.45, 2.75) is 24.8 Å². The van der Waals surface area contributed by atoms with Gasteiger partial charge in [-0.15, -0.1) is 0 Å². The lowest BCUT2D eigenvalue weighted by atomic mass is 10.1. The highest BCUT2D eigenvalue weighted by Gasteiger charge is 2.32. The first-order chi connectivity index (χ1) is 9.95. The quantitative estimate of drug-likeness (QED) is 0.884. The van der Waals surface area contributed by atoms with Gasteiger partial charge in [0.15, 0.2) is 0 Å². The number of rotatable bonds is 4. The van der Waals surface area contributed by atoms with Crippen molar-refractivity contribution in [3.63, 3.8) is 0 Å². The van der Waals surface area contributed by atoms with Gasteiger partial charge in [0.1, 0.15) is 0 Å². The second kappa shape index (κ2) is 5.68. The minimum Gasteiger partial charge on any atom is -0.299 e. The molecule has 1 N–H and O–H groups in total. The van der Waals surface area contributed by atoms with E-state index in [4.69, 9.17) is 0 Å². The van der Waals surface area contributed by atoms with Crippen molar-refractivity contribution in [2.24, 2.45) is 0 Å². The monoisotopic (exact) mass is 309 g/mol. The molecule has 4 rings (SSSR count). The van der Waals surface area contributed by atoms with E-state index < -0.39 is 10.0 Å². The van der Waals surface area contributed by atoms with Gasteiger partial charge in [0.05, 0.1) is 4.90 Å². The molecule has 3 fully saturated rings. The van der Waals surface area contributed by atoms with Crippen LogP contribution < -0.4 is 4.72 Å². The first-order valence-electron chi connectivity index (χ1n) is 7.49. The van der Waals surface area contributed by atoms with E-state index in [2.05, 4.69) is 14.5 Å². The van der Waals surface area contributed by atoms with E-state index in [-0.39, 0.29) is 0 Å². The van der Waals surface area contributed by atoms with E-state index in [1.54, 1.807) is 6.07 Å². The third-order valence-electron chi connectivity index (χ3n) is 4.53. The van der Waals surface area contributed by atoms with Crippen LogP contribution in [0.3, 0.4) is 0 Å². The van der Waals surface area contributed by atoms with Crippen LogP contribution in [-0.4, -0.2) is 63.5 Å². The number of piperazine rings is 3. The van der Waals surface area contributed by atoms with Crippen LogP contribution in [0.2, 0.25) is 0 Å². The molecule has 5 nitrogen and oxygen atoms in total. The normalized spacial score (nSPS) is 28.8. The summed E-state index contributed by atoms with van der Waals surface area (Å²) in [5, 5.41) is 0. The molecule has 1 atom stereocenters. The van der Waals surface area contributed by atoms with Crippen LogP contribution in [0.1, 0.15) is 11.1 Å². The van der Waals surface area contributed by atoms with Crippen molar-refractivity contribution in [3.8, 4) is 0 Å².